The number of aliphatic hydroxyl groups excluding tert-OH is 6. The van der Waals surface area contributed by atoms with Gasteiger partial charge in [0.2, 0.25) is 11.8 Å². The molecule has 0 aromatic rings. The van der Waals surface area contributed by atoms with Gasteiger partial charge in [0.1, 0.15) is 36.6 Å². The maximum absolute atomic E-state index is 11.5. The van der Waals surface area contributed by atoms with E-state index in [0.29, 0.717) is 52.7 Å². The van der Waals surface area contributed by atoms with Crippen molar-refractivity contribution in [2.24, 2.45) is 0 Å². The van der Waals surface area contributed by atoms with Crippen LogP contribution in [-0.2, 0) is 47.5 Å². The van der Waals surface area contributed by atoms with Crippen LogP contribution in [-0.4, -0.2) is 196 Å². The SMILES string of the molecule is CC(=O)NC1CC(O)[C@@H](O)C(CO)O[C@H]1OCCOCCOCCNCCOCCOCCO[C@@H]1OC(CO)[C@H](O)C(O)C1NC(C)=O. The highest BCUT2D eigenvalue weighted by molar-refractivity contribution is 5.73. The van der Waals surface area contributed by atoms with Crippen LogP contribution in [0.15, 0.2) is 0 Å². The van der Waals surface area contributed by atoms with Gasteiger partial charge in [-0.1, -0.05) is 0 Å². The third-order valence-corrected chi connectivity index (χ3v) is 7.34. The Morgan fingerprint density at radius 3 is 1.60 bits per heavy atom. The fourth-order valence-electron chi connectivity index (χ4n) is 4.92. The number of hydrogen-bond donors (Lipinski definition) is 9. The van der Waals surface area contributed by atoms with Gasteiger partial charge >= 0.3 is 0 Å². The molecular formula is C29H55N3O16. The lowest BCUT2D eigenvalue weighted by atomic mass is 9.97. The largest absolute Gasteiger partial charge is 0.394 e. The first kappa shape index (κ1) is 42.5. The Kier molecular flexibility index (Phi) is 21.7. The first-order valence-electron chi connectivity index (χ1n) is 16.1. The van der Waals surface area contributed by atoms with Crippen molar-refractivity contribution in [1.29, 1.82) is 0 Å². The molecule has 0 bridgehead atoms. The summed E-state index contributed by atoms with van der Waals surface area (Å²) in [5, 5.41) is 67.7. The highest BCUT2D eigenvalue weighted by Crippen LogP contribution is 2.23. The van der Waals surface area contributed by atoms with Crippen LogP contribution in [0.3, 0.4) is 0 Å². The molecule has 9 N–H and O–H groups in total. The van der Waals surface area contributed by atoms with Gasteiger partial charge in [0.25, 0.3) is 0 Å². The van der Waals surface area contributed by atoms with Crippen LogP contribution in [0.4, 0.5) is 0 Å². The molecule has 0 spiro atoms. The fraction of sp³-hybridized carbons (Fsp3) is 0.931. The number of rotatable bonds is 24. The fourth-order valence-corrected chi connectivity index (χ4v) is 4.92. The molecule has 2 rings (SSSR count). The van der Waals surface area contributed by atoms with Crippen LogP contribution in [0.2, 0.25) is 0 Å². The summed E-state index contributed by atoms with van der Waals surface area (Å²) >= 11 is 0. The second kappa shape index (κ2) is 24.5. The van der Waals surface area contributed by atoms with E-state index in [4.69, 9.17) is 37.9 Å². The van der Waals surface area contributed by atoms with Gasteiger partial charge in [-0.05, 0) is 0 Å². The predicted molar refractivity (Wildman–Crippen MR) is 163 cm³/mol. The molecule has 48 heavy (non-hydrogen) atoms. The molecule has 2 heterocycles. The zero-order chi connectivity index (χ0) is 35.3. The zero-order valence-electron chi connectivity index (χ0n) is 27.6. The molecule has 0 aliphatic carbocycles. The second-order valence-corrected chi connectivity index (χ2v) is 11.2. The lowest BCUT2D eigenvalue weighted by Crippen LogP contribution is -2.64. The molecule has 0 aromatic heterocycles. The van der Waals surface area contributed by atoms with Gasteiger partial charge in [-0.2, -0.15) is 0 Å². The van der Waals surface area contributed by atoms with Gasteiger partial charge in [0.15, 0.2) is 12.6 Å². The lowest BCUT2D eigenvalue weighted by Gasteiger charge is -2.42. The topological polar surface area (TPSA) is 265 Å². The van der Waals surface area contributed by atoms with E-state index in [1.165, 1.54) is 13.8 Å². The molecule has 2 aliphatic heterocycles. The van der Waals surface area contributed by atoms with Crippen molar-refractivity contribution in [1.82, 2.24) is 16.0 Å². The van der Waals surface area contributed by atoms with Crippen molar-refractivity contribution >= 4 is 11.8 Å². The Morgan fingerprint density at radius 1 is 0.625 bits per heavy atom. The summed E-state index contributed by atoms with van der Waals surface area (Å²) in [5.74, 6) is -0.781. The first-order chi connectivity index (χ1) is 23.1. The van der Waals surface area contributed by atoms with Gasteiger partial charge in [-0.15, -0.1) is 0 Å². The Balaban J connectivity index is 1.42. The van der Waals surface area contributed by atoms with Crippen LogP contribution in [0, 0.1) is 0 Å². The minimum absolute atomic E-state index is 0.00238. The number of ether oxygens (including phenoxy) is 8. The molecule has 0 saturated carbocycles. The second-order valence-electron chi connectivity index (χ2n) is 11.2. The van der Waals surface area contributed by atoms with Crippen molar-refractivity contribution in [3.05, 3.63) is 0 Å². The standard InChI is InChI=1S/C29H55N3O16/c1-18(35)31-20-15-21(37)25(38)22(16-33)47-28(20)45-13-11-43-9-7-41-5-3-30-4-6-42-8-10-44-12-14-46-29-24(32-19(2)36)27(40)26(39)23(17-34)48-29/h20-30,33-34,37-40H,3-17H2,1-2H3,(H,31,35)(H,32,36)/t20?,21?,22?,23?,24?,25-,26+,27?,28-,29-/m1/s1. The summed E-state index contributed by atoms with van der Waals surface area (Å²) < 4.78 is 44.3. The van der Waals surface area contributed by atoms with Gasteiger partial charge in [-0.25, -0.2) is 0 Å². The summed E-state index contributed by atoms with van der Waals surface area (Å²) in [6.07, 6.45) is -9.42. The third kappa shape index (κ3) is 15.9. The van der Waals surface area contributed by atoms with Crippen molar-refractivity contribution < 1.29 is 78.1 Å². The van der Waals surface area contributed by atoms with E-state index in [2.05, 4.69) is 16.0 Å². The third-order valence-electron chi connectivity index (χ3n) is 7.34. The van der Waals surface area contributed by atoms with Gasteiger partial charge < -0.3 is 84.5 Å². The monoisotopic (exact) mass is 701 g/mol. The molecule has 0 aromatic carbocycles. The number of nitrogens with one attached hydrogen (secondary N) is 3. The molecule has 2 aliphatic rings. The molecular weight excluding hydrogens is 646 g/mol. The van der Waals surface area contributed by atoms with Crippen LogP contribution in [0.5, 0.6) is 0 Å². The Hall–Kier alpha value is -1.66. The van der Waals surface area contributed by atoms with Crippen molar-refractivity contribution in [3.63, 3.8) is 0 Å². The van der Waals surface area contributed by atoms with Crippen LogP contribution in [0.1, 0.15) is 20.3 Å². The van der Waals surface area contributed by atoms with E-state index >= 15 is 0 Å². The first-order valence-corrected chi connectivity index (χ1v) is 16.1. The summed E-state index contributed by atoms with van der Waals surface area (Å²) in [6, 6.07) is -1.72. The average Bonchev–Trinajstić information content (AvgIpc) is 3.15. The number of carbonyl (C=O) groups is 2. The van der Waals surface area contributed by atoms with Crippen LogP contribution >= 0.6 is 0 Å². The maximum atomic E-state index is 11.5. The molecule has 2 fully saturated rings. The maximum Gasteiger partial charge on any atom is 0.217 e. The highest BCUT2D eigenvalue weighted by Gasteiger charge is 2.45. The number of hydrogen-bond acceptors (Lipinski definition) is 17. The molecule has 10 atom stereocenters. The minimum atomic E-state index is -1.38. The van der Waals surface area contributed by atoms with Crippen molar-refractivity contribution in [2.45, 2.75) is 81.6 Å². The van der Waals surface area contributed by atoms with Crippen LogP contribution in [0.25, 0.3) is 0 Å². The molecule has 2 amide bonds. The van der Waals surface area contributed by atoms with Crippen LogP contribution < -0.4 is 16.0 Å². The number of aliphatic hydroxyl groups is 6. The average molecular weight is 702 g/mol. The minimum Gasteiger partial charge on any atom is -0.394 e. The van der Waals surface area contributed by atoms with E-state index in [9.17, 15) is 40.2 Å². The number of amides is 2. The highest BCUT2D eigenvalue weighted by atomic mass is 16.7. The summed E-state index contributed by atoms with van der Waals surface area (Å²) in [5.41, 5.74) is 0. The van der Waals surface area contributed by atoms with Crippen molar-refractivity contribution in [2.75, 3.05) is 92.4 Å². The number of carbonyl (C=O) groups excluding carboxylic acids is 2. The molecule has 282 valence electrons. The predicted octanol–water partition coefficient (Wildman–Crippen LogP) is -5.05. The molecule has 19 heteroatoms. The molecule has 2 saturated heterocycles. The normalized spacial score (nSPS) is 30.9. The zero-order valence-corrected chi connectivity index (χ0v) is 27.6. The summed E-state index contributed by atoms with van der Waals surface area (Å²) in [6.45, 7) is 5.66. The Bertz CT molecular complexity index is 878. The van der Waals surface area contributed by atoms with E-state index in [1.807, 2.05) is 0 Å². The van der Waals surface area contributed by atoms with E-state index in [-0.39, 0.29) is 38.8 Å². The van der Waals surface area contributed by atoms with E-state index in [1.54, 1.807) is 0 Å². The Labute approximate surface area is 280 Å². The van der Waals surface area contributed by atoms with Gasteiger partial charge in [0.05, 0.1) is 91.4 Å². The Morgan fingerprint density at radius 2 is 1.08 bits per heavy atom. The quantitative estimate of drug-likeness (QED) is 0.0426. The lowest BCUT2D eigenvalue weighted by molar-refractivity contribution is -0.272. The molecule has 6 unspecified atom stereocenters. The summed E-state index contributed by atoms with van der Waals surface area (Å²) in [7, 11) is 0. The molecule has 0 radical (unpaired) electrons. The smallest absolute Gasteiger partial charge is 0.217 e. The molecule has 19 nitrogen and oxygen atoms in total. The van der Waals surface area contributed by atoms with Gasteiger partial charge in [0, 0.05) is 33.4 Å². The van der Waals surface area contributed by atoms with Gasteiger partial charge in [-0.3, -0.25) is 9.59 Å². The van der Waals surface area contributed by atoms with E-state index in [0.717, 1.165) is 0 Å². The van der Waals surface area contributed by atoms with E-state index < -0.39 is 80.4 Å². The summed E-state index contributed by atoms with van der Waals surface area (Å²) in [4.78, 5) is 23.0. The van der Waals surface area contributed by atoms with Crippen molar-refractivity contribution in [3.8, 4) is 0 Å².